The zero-order chi connectivity index (χ0) is 14.3. The van der Waals surface area contributed by atoms with Crippen LogP contribution >= 0.6 is 11.3 Å². The molecule has 0 aliphatic rings. The number of hydrogen-bond acceptors (Lipinski definition) is 5. The molecule has 1 aromatic heterocycles. The van der Waals surface area contributed by atoms with Crippen LogP contribution in [-0.4, -0.2) is 41.7 Å². The molecule has 0 aromatic carbocycles. The predicted octanol–water partition coefficient (Wildman–Crippen LogP) is 2.49. The molecule has 0 bridgehead atoms. The Labute approximate surface area is 119 Å². The standard InChI is InChI=1S/C13H23N3O2S/c1-13(2,3)18-12(17)16(4)8-5-6-14-10-11-15-7-9-19-11/h7,9,14H,5-6,8,10H2,1-4H3. The van der Waals surface area contributed by atoms with Crippen LogP contribution < -0.4 is 5.32 Å². The fourth-order valence-electron chi connectivity index (χ4n) is 1.41. The van der Waals surface area contributed by atoms with Gasteiger partial charge in [-0.15, -0.1) is 11.3 Å². The molecule has 0 unspecified atom stereocenters. The molecule has 1 rings (SSSR count). The third-order valence-electron chi connectivity index (χ3n) is 2.31. The van der Waals surface area contributed by atoms with Crippen molar-refractivity contribution in [1.29, 1.82) is 0 Å². The van der Waals surface area contributed by atoms with Gasteiger partial charge in [-0.2, -0.15) is 0 Å². The summed E-state index contributed by atoms with van der Waals surface area (Å²) in [6.45, 7) is 7.93. The fourth-order valence-corrected chi connectivity index (χ4v) is 1.99. The van der Waals surface area contributed by atoms with Gasteiger partial charge in [-0.25, -0.2) is 9.78 Å². The van der Waals surface area contributed by atoms with Crippen LogP contribution in [-0.2, 0) is 11.3 Å². The van der Waals surface area contributed by atoms with Crippen molar-refractivity contribution < 1.29 is 9.53 Å². The van der Waals surface area contributed by atoms with E-state index < -0.39 is 5.60 Å². The normalized spacial score (nSPS) is 11.4. The smallest absolute Gasteiger partial charge is 0.410 e. The van der Waals surface area contributed by atoms with Crippen LogP contribution in [0.3, 0.4) is 0 Å². The number of carbonyl (C=O) groups excluding carboxylic acids is 1. The molecule has 0 aliphatic heterocycles. The van der Waals surface area contributed by atoms with E-state index in [-0.39, 0.29) is 6.09 Å². The van der Waals surface area contributed by atoms with E-state index >= 15 is 0 Å². The number of nitrogens with zero attached hydrogens (tertiary/aromatic N) is 2. The highest BCUT2D eigenvalue weighted by Crippen LogP contribution is 2.09. The van der Waals surface area contributed by atoms with Crippen LogP contribution in [0.1, 0.15) is 32.2 Å². The van der Waals surface area contributed by atoms with Gasteiger partial charge in [0.2, 0.25) is 0 Å². The molecule has 1 heterocycles. The quantitative estimate of drug-likeness (QED) is 0.816. The zero-order valence-electron chi connectivity index (χ0n) is 12.1. The average Bonchev–Trinajstić information content (AvgIpc) is 2.79. The number of nitrogens with one attached hydrogen (secondary N) is 1. The van der Waals surface area contributed by atoms with Crippen LogP contribution in [0, 0.1) is 0 Å². The molecule has 0 fully saturated rings. The maximum absolute atomic E-state index is 11.7. The molecule has 1 N–H and O–H groups in total. The van der Waals surface area contributed by atoms with Crippen molar-refractivity contribution in [3.63, 3.8) is 0 Å². The van der Waals surface area contributed by atoms with Gasteiger partial charge in [-0.05, 0) is 33.7 Å². The lowest BCUT2D eigenvalue weighted by atomic mass is 10.2. The van der Waals surface area contributed by atoms with Crippen LogP contribution in [0.15, 0.2) is 11.6 Å². The lowest BCUT2D eigenvalue weighted by molar-refractivity contribution is 0.0297. The molecule has 0 spiro atoms. The largest absolute Gasteiger partial charge is 0.444 e. The first-order valence-corrected chi connectivity index (χ1v) is 7.29. The van der Waals surface area contributed by atoms with E-state index in [1.54, 1.807) is 29.5 Å². The van der Waals surface area contributed by atoms with E-state index in [2.05, 4.69) is 10.3 Å². The minimum Gasteiger partial charge on any atom is -0.444 e. The zero-order valence-corrected chi connectivity index (χ0v) is 12.9. The molecule has 1 aromatic rings. The highest BCUT2D eigenvalue weighted by atomic mass is 32.1. The SMILES string of the molecule is CN(CCCNCc1nccs1)C(=O)OC(C)(C)C. The van der Waals surface area contributed by atoms with Gasteiger partial charge in [0.15, 0.2) is 0 Å². The molecule has 5 nitrogen and oxygen atoms in total. The lowest BCUT2D eigenvalue weighted by Crippen LogP contribution is -2.35. The van der Waals surface area contributed by atoms with Gasteiger partial charge < -0.3 is 15.0 Å². The Balaban J connectivity index is 2.10. The molecule has 0 saturated heterocycles. The van der Waals surface area contributed by atoms with Crippen molar-refractivity contribution in [1.82, 2.24) is 15.2 Å². The number of aromatic nitrogens is 1. The maximum Gasteiger partial charge on any atom is 0.410 e. The fraction of sp³-hybridized carbons (Fsp3) is 0.692. The maximum atomic E-state index is 11.7. The topological polar surface area (TPSA) is 54.5 Å². The summed E-state index contributed by atoms with van der Waals surface area (Å²) in [5.41, 5.74) is -0.436. The Hall–Kier alpha value is -1.14. The molecular weight excluding hydrogens is 262 g/mol. The molecule has 6 heteroatoms. The summed E-state index contributed by atoms with van der Waals surface area (Å²) in [5, 5.41) is 6.35. The van der Waals surface area contributed by atoms with E-state index in [0.29, 0.717) is 6.54 Å². The molecule has 108 valence electrons. The summed E-state index contributed by atoms with van der Waals surface area (Å²) in [5.74, 6) is 0. The van der Waals surface area contributed by atoms with Crippen LogP contribution in [0.5, 0.6) is 0 Å². The molecule has 0 atom stereocenters. The number of thiazole rings is 1. The molecule has 0 saturated carbocycles. The van der Waals surface area contributed by atoms with E-state index in [9.17, 15) is 4.79 Å². The van der Waals surface area contributed by atoms with Gasteiger partial charge in [0, 0.05) is 31.7 Å². The van der Waals surface area contributed by atoms with Crippen molar-refractivity contribution in [2.24, 2.45) is 0 Å². The number of rotatable bonds is 6. The first-order valence-electron chi connectivity index (χ1n) is 6.42. The Bertz CT molecular complexity index is 374. The minimum absolute atomic E-state index is 0.271. The Morgan fingerprint density at radius 3 is 2.84 bits per heavy atom. The third kappa shape index (κ3) is 7.12. The van der Waals surface area contributed by atoms with Crippen molar-refractivity contribution in [2.75, 3.05) is 20.1 Å². The van der Waals surface area contributed by atoms with Crippen LogP contribution in [0.2, 0.25) is 0 Å². The molecule has 0 aliphatic carbocycles. The Morgan fingerprint density at radius 2 is 2.26 bits per heavy atom. The summed E-state index contributed by atoms with van der Waals surface area (Å²) < 4.78 is 5.27. The lowest BCUT2D eigenvalue weighted by Gasteiger charge is -2.24. The van der Waals surface area contributed by atoms with Gasteiger partial charge in [0.25, 0.3) is 0 Å². The average molecular weight is 285 g/mol. The number of ether oxygens (including phenoxy) is 1. The highest BCUT2D eigenvalue weighted by Gasteiger charge is 2.18. The summed E-state index contributed by atoms with van der Waals surface area (Å²) in [4.78, 5) is 17.5. The van der Waals surface area contributed by atoms with Crippen LogP contribution in [0.25, 0.3) is 0 Å². The summed E-state index contributed by atoms with van der Waals surface area (Å²) in [6.07, 6.45) is 2.42. The predicted molar refractivity (Wildman–Crippen MR) is 77.3 cm³/mol. The first-order chi connectivity index (χ1) is 8.88. The van der Waals surface area contributed by atoms with Crippen molar-refractivity contribution in [3.05, 3.63) is 16.6 Å². The minimum atomic E-state index is -0.436. The van der Waals surface area contributed by atoms with E-state index in [0.717, 1.165) is 24.5 Å². The number of carbonyl (C=O) groups is 1. The van der Waals surface area contributed by atoms with E-state index in [1.165, 1.54) is 0 Å². The second kappa shape index (κ2) is 7.45. The Kier molecular flexibility index (Phi) is 6.24. The van der Waals surface area contributed by atoms with Gasteiger partial charge in [0.05, 0.1) is 0 Å². The molecule has 0 radical (unpaired) electrons. The number of hydrogen-bond donors (Lipinski definition) is 1. The van der Waals surface area contributed by atoms with Gasteiger partial charge in [-0.3, -0.25) is 0 Å². The summed E-state index contributed by atoms with van der Waals surface area (Å²) in [6, 6.07) is 0. The van der Waals surface area contributed by atoms with Gasteiger partial charge in [0.1, 0.15) is 10.6 Å². The number of amides is 1. The van der Waals surface area contributed by atoms with Crippen molar-refractivity contribution in [3.8, 4) is 0 Å². The first kappa shape index (κ1) is 15.9. The third-order valence-corrected chi connectivity index (χ3v) is 3.09. The second-order valence-corrected chi connectivity index (χ2v) is 6.34. The van der Waals surface area contributed by atoms with Gasteiger partial charge >= 0.3 is 6.09 Å². The van der Waals surface area contributed by atoms with Gasteiger partial charge in [-0.1, -0.05) is 0 Å². The van der Waals surface area contributed by atoms with E-state index in [1.807, 2.05) is 26.2 Å². The summed E-state index contributed by atoms with van der Waals surface area (Å²) >= 11 is 1.64. The highest BCUT2D eigenvalue weighted by molar-refractivity contribution is 7.09. The van der Waals surface area contributed by atoms with Crippen LogP contribution in [0.4, 0.5) is 4.79 Å². The summed E-state index contributed by atoms with van der Waals surface area (Å²) in [7, 11) is 1.76. The molecule has 1 amide bonds. The Morgan fingerprint density at radius 1 is 1.53 bits per heavy atom. The second-order valence-electron chi connectivity index (χ2n) is 5.36. The molecular formula is C13H23N3O2S. The van der Waals surface area contributed by atoms with E-state index in [4.69, 9.17) is 4.74 Å². The van der Waals surface area contributed by atoms with Crippen molar-refractivity contribution in [2.45, 2.75) is 39.3 Å². The monoisotopic (exact) mass is 285 g/mol. The van der Waals surface area contributed by atoms with Crippen molar-refractivity contribution >= 4 is 17.4 Å². The molecule has 19 heavy (non-hydrogen) atoms.